The molecule has 1 saturated heterocycles. The van der Waals surface area contributed by atoms with Crippen LogP contribution in [0.5, 0.6) is 0 Å². The molecule has 1 fully saturated rings. The Labute approximate surface area is 155 Å². The van der Waals surface area contributed by atoms with Crippen LogP contribution in [-0.4, -0.2) is 41.4 Å². The first-order chi connectivity index (χ1) is 12.1. The second-order valence-corrected chi connectivity index (χ2v) is 8.60. The van der Waals surface area contributed by atoms with Gasteiger partial charge in [-0.1, -0.05) is 6.07 Å². The minimum absolute atomic E-state index is 0.00598. The van der Waals surface area contributed by atoms with Gasteiger partial charge in [0.05, 0.1) is 12.0 Å². The van der Waals surface area contributed by atoms with Gasteiger partial charge in [-0.15, -0.1) is 22.7 Å². The molecule has 2 aromatic rings. The van der Waals surface area contributed by atoms with Crippen molar-refractivity contribution in [3.05, 3.63) is 44.3 Å². The van der Waals surface area contributed by atoms with Gasteiger partial charge in [0, 0.05) is 29.4 Å². The second kappa shape index (κ2) is 6.80. The molecule has 7 heteroatoms. The number of carbonyl (C=O) groups is 2. The van der Waals surface area contributed by atoms with Gasteiger partial charge in [-0.2, -0.15) is 0 Å². The maximum atomic E-state index is 13.3. The summed E-state index contributed by atoms with van der Waals surface area (Å²) in [4.78, 5) is 31.0. The summed E-state index contributed by atoms with van der Waals surface area (Å²) < 4.78 is 0. The highest BCUT2D eigenvalue weighted by Gasteiger charge is 2.38. The minimum Gasteiger partial charge on any atom is -0.351 e. The van der Waals surface area contributed by atoms with Gasteiger partial charge in [0.1, 0.15) is 0 Å². The summed E-state index contributed by atoms with van der Waals surface area (Å²) in [5, 5.41) is 4.18. The molecule has 2 aliphatic rings. The number of amides is 3. The Bertz CT molecular complexity index is 771. The van der Waals surface area contributed by atoms with Crippen LogP contribution in [0.4, 0.5) is 4.79 Å². The Morgan fingerprint density at radius 2 is 2.04 bits per heavy atom. The predicted molar refractivity (Wildman–Crippen MR) is 99.8 cm³/mol. The molecule has 0 unspecified atom stereocenters. The third-order valence-corrected chi connectivity index (χ3v) is 7.07. The van der Waals surface area contributed by atoms with Gasteiger partial charge in [-0.05, 0) is 47.7 Å². The molecule has 2 aliphatic heterocycles. The average molecular weight is 376 g/mol. The van der Waals surface area contributed by atoms with E-state index in [1.807, 2.05) is 11.0 Å². The Hall–Kier alpha value is -1.86. The van der Waals surface area contributed by atoms with Crippen molar-refractivity contribution >= 4 is 34.6 Å². The predicted octanol–water partition coefficient (Wildman–Crippen LogP) is 3.07. The quantitative estimate of drug-likeness (QED) is 0.876. The van der Waals surface area contributed by atoms with Crippen LogP contribution >= 0.6 is 22.7 Å². The lowest BCUT2D eigenvalue weighted by atomic mass is 9.92. The number of hydrogen-bond acceptors (Lipinski definition) is 4. The Balaban J connectivity index is 1.62. The van der Waals surface area contributed by atoms with Crippen LogP contribution in [-0.2, 0) is 11.2 Å². The monoisotopic (exact) mass is 375 g/mol. The first-order valence-corrected chi connectivity index (χ1v) is 10.4. The van der Waals surface area contributed by atoms with Crippen molar-refractivity contribution in [2.75, 3.05) is 19.6 Å². The number of likely N-dealkylation sites (tertiary alicyclic amines) is 1. The van der Waals surface area contributed by atoms with E-state index in [1.54, 1.807) is 27.6 Å². The molecule has 25 heavy (non-hydrogen) atoms. The number of nitrogens with zero attached hydrogens (tertiary/aromatic N) is 2. The van der Waals surface area contributed by atoms with Crippen molar-refractivity contribution in [3.8, 4) is 0 Å². The van der Waals surface area contributed by atoms with E-state index in [0.29, 0.717) is 13.1 Å². The highest BCUT2D eigenvalue weighted by atomic mass is 32.1. The van der Waals surface area contributed by atoms with E-state index in [-0.39, 0.29) is 17.9 Å². The summed E-state index contributed by atoms with van der Waals surface area (Å²) in [6.45, 7) is 1.84. The lowest BCUT2D eigenvalue weighted by Gasteiger charge is -2.40. The largest absolute Gasteiger partial charge is 0.351 e. The Morgan fingerprint density at radius 3 is 2.80 bits per heavy atom. The van der Waals surface area contributed by atoms with E-state index in [1.165, 1.54) is 15.3 Å². The van der Waals surface area contributed by atoms with Gasteiger partial charge in [0.15, 0.2) is 0 Å². The lowest BCUT2D eigenvalue weighted by Crippen LogP contribution is -2.50. The summed E-state index contributed by atoms with van der Waals surface area (Å²) in [6.07, 6.45) is 2.57. The van der Waals surface area contributed by atoms with Gasteiger partial charge < -0.3 is 15.5 Å². The molecule has 4 rings (SSSR count). The van der Waals surface area contributed by atoms with E-state index < -0.39 is 6.03 Å². The number of urea groups is 1. The molecule has 5 nitrogen and oxygen atoms in total. The minimum atomic E-state index is -0.425. The summed E-state index contributed by atoms with van der Waals surface area (Å²) in [5.41, 5.74) is 6.69. The van der Waals surface area contributed by atoms with Gasteiger partial charge in [-0.3, -0.25) is 4.79 Å². The molecule has 132 valence electrons. The number of thiophene rings is 2. The topological polar surface area (TPSA) is 66.6 Å². The lowest BCUT2D eigenvalue weighted by molar-refractivity contribution is -0.139. The Morgan fingerprint density at radius 1 is 1.16 bits per heavy atom. The third-order valence-electron chi connectivity index (χ3n) is 5.14. The van der Waals surface area contributed by atoms with Crippen molar-refractivity contribution in [1.82, 2.24) is 9.80 Å². The van der Waals surface area contributed by atoms with Crippen LogP contribution in [0, 0.1) is 5.92 Å². The molecule has 2 aromatic heterocycles. The Kier molecular flexibility index (Phi) is 4.52. The highest BCUT2D eigenvalue weighted by Crippen LogP contribution is 2.40. The van der Waals surface area contributed by atoms with E-state index in [0.717, 1.165) is 25.8 Å². The molecule has 2 atom stereocenters. The molecule has 3 amide bonds. The fraction of sp³-hybridized carbons (Fsp3) is 0.444. The van der Waals surface area contributed by atoms with Gasteiger partial charge >= 0.3 is 6.03 Å². The zero-order valence-corrected chi connectivity index (χ0v) is 15.5. The zero-order chi connectivity index (χ0) is 17.4. The fourth-order valence-corrected chi connectivity index (χ4v) is 5.68. The number of nitrogens with two attached hydrogens (primary N) is 1. The molecular formula is C18H21N3O2S2. The third kappa shape index (κ3) is 3.06. The number of rotatable bonds is 2. The average Bonchev–Trinajstić information content (AvgIpc) is 3.31. The zero-order valence-electron chi connectivity index (χ0n) is 13.9. The van der Waals surface area contributed by atoms with Crippen LogP contribution in [0.2, 0.25) is 0 Å². The van der Waals surface area contributed by atoms with E-state index in [9.17, 15) is 9.59 Å². The number of hydrogen-bond donors (Lipinski definition) is 1. The first kappa shape index (κ1) is 16.6. The van der Waals surface area contributed by atoms with Crippen molar-refractivity contribution in [3.63, 3.8) is 0 Å². The maximum absolute atomic E-state index is 13.3. The molecule has 0 aromatic carbocycles. The van der Waals surface area contributed by atoms with E-state index in [2.05, 4.69) is 22.9 Å². The number of carbonyl (C=O) groups excluding carboxylic acids is 2. The van der Waals surface area contributed by atoms with E-state index in [4.69, 9.17) is 5.73 Å². The molecule has 0 saturated carbocycles. The van der Waals surface area contributed by atoms with Gasteiger partial charge in [-0.25, -0.2) is 4.79 Å². The van der Waals surface area contributed by atoms with Crippen molar-refractivity contribution in [2.45, 2.75) is 25.3 Å². The van der Waals surface area contributed by atoms with Crippen LogP contribution < -0.4 is 5.73 Å². The summed E-state index contributed by atoms with van der Waals surface area (Å²) in [5.74, 6) is 0.00472. The maximum Gasteiger partial charge on any atom is 0.314 e. The molecule has 0 radical (unpaired) electrons. The summed E-state index contributed by atoms with van der Waals surface area (Å²) >= 11 is 3.47. The van der Waals surface area contributed by atoms with Crippen LogP contribution in [0.15, 0.2) is 29.0 Å². The van der Waals surface area contributed by atoms with Crippen molar-refractivity contribution in [1.29, 1.82) is 0 Å². The van der Waals surface area contributed by atoms with Gasteiger partial charge in [0.25, 0.3) is 0 Å². The van der Waals surface area contributed by atoms with Crippen molar-refractivity contribution in [2.24, 2.45) is 11.7 Å². The van der Waals surface area contributed by atoms with Gasteiger partial charge in [0.2, 0.25) is 5.91 Å². The molecule has 4 heterocycles. The first-order valence-electron chi connectivity index (χ1n) is 8.59. The summed E-state index contributed by atoms with van der Waals surface area (Å²) in [6, 6.07) is 5.88. The number of piperidine rings is 1. The molecular weight excluding hydrogens is 354 g/mol. The van der Waals surface area contributed by atoms with Crippen LogP contribution in [0.1, 0.15) is 34.2 Å². The molecule has 2 N–H and O–H groups in total. The fourth-order valence-electron chi connectivity index (χ4n) is 3.92. The van der Waals surface area contributed by atoms with Crippen molar-refractivity contribution < 1.29 is 9.59 Å². The van der Waals surface area contributed by atoms with Crippen LogP contribution in [0.3, 0.4) is 0 Å². The van der Waals surface area contributed by atoms with Crippen LogP contribution in [0.25, 0.3) is 0 Å². The van der Waals surface area contributed by atoms with E-state index >= 15 is 0 Å². The SMILES string of the molecule is NC(=O)N1CCC[C@H](C(=O)N2CCc3sccc3[C@@H]2c2cccs2)C1. The normalized spacial score (nSPS) is 23.4. The smallest absolute Gasteiger partial charge is 0.314 e. The highest BCUT2D eigenvalue weighted by molar-refractivity contribution is 7.10. The number of fused-ring (bicyclic) bond motifs is 1. The number of primary amides is 1. The molecule has 0 bridgehead atoms. The molecule has 0 aliphatic carbocycles. The molecule has 0 spiro atoms. The summed E-state index contributed by atoms with van der Waals surface area (Å²) in [7, 11) is 0. The second-order valence-electron chi connectivity index (χ2n) is 6.62. The standard InChI is InChI=1S/C18H21N3O2S2/c19-18(23)20-7-1-3-12(11-20)17(22)21-8-5-14-13(6-10-25-14)16(21)15-4-2-9-24-15/h2,4,6,9-10,12,16H,1,3,5,7-8,11H2,(H2,19,23)/t12-,16+/m0/s1.